The molecule has 0 aromatic carbocycles. The van der Waals surface area contributed by atoms with E-state index in [2.05, 4.69) is 0 Å². The van der Waals surface area contributed by atoms with Crippen molar-refractivity contribution in [3.05, 3.63) is 0 Å². The molecular formula is C10H22N2O2. The maximum atomic E-state index is 11.6. The smallest absolute Gasteiger partial charge is 0.251 e. The van der Waals surface area contributed by atoms with Crippen LogP contribution < -0.4 is 5.73 Å². The van der Waals surface area contributed by atoms with Crippen LogP contribution in [-0.2, 0) is 9.53 Å². The average molecular weight is 202 g/mol. The minimum Gasteiger partial charge on any atom is -0.372 e. The molecule has 0 heterocycles. The van der Waals surface area contributed by atoms with Gasteiger partial charge in [-0.1, -0.05) is 13.8 Å². The molecule has 0 aliphatic rings. The molecule has 0 fully saturated rings. The van der Waals surface area contributed by atoms with E-state index >= 15 is 0 Å². The summed E-state index contributed by atoms with van der Waals surface area (Å²) in [6.07, 6.45) is -0.381. The lowest BCUT2D eigenvalue weighted by molar-refractivity contribution is -0.140. The Balaban J connectivity index is 4.21. The van der Waals surface area contributed by atoms with Gasteiger partial charge in [-0.2, -0.15) is 0 Å². The molecule has 1 unspecified atom stereocenters. The highest BCUT2D eigenvalue weighted by atomic mass is 16.5. The first kappa shape index (κ1) is 13.4. The Hall–Kier alpha value is -0.610. The molecule has 0 bridgehead atoms. The van der Waals surface area contributed by atoms with Gasteiger partial charge in [0.1, 0.15) is 6.10 Å². The SMILES string of the molecule is COC(C)C(=O)N(C)CC(C)(C)CN. The van der Waals surface area contributed by atoms with Gasteiger partial charge in [0.25, 0.3) is 5.91 Å². The highest BCUT2D eigenvalue weighted by molar-refractivity contribution is 5.80. The number of amides is 1. The topological polar surface area (TPSA) is 55.6 Å². The summed E-state index contributed by atoms with van der Waals surface area (Å²) < 4.78 is 4.96. The van der Waals surface area contributed by atoms with Crippen molar-refractivity contribution in [2.24, 2.45) is 11.1 Å². The Morgan fingerprint density at radius 3 is 2.43 bits per heavy atom. The lowest BCUT2D eigenvalue weighted by Gasteiger charge is -2.30. The fraction of sp³-hybridized carbons (Fsp3) is 0.900. The molecule has 0 aromatic rings. The molecule has 0 aromatic heterocycles. The van der Waals surface area contributed by atoms with Crippen molar-refractivity contribution in [2.45, 2.75) is 26.9 Å². The molecule has 84 valence electrons. The second kappa shape index (κ2) is 5.32. The van der Waals surface area contributed by atoms with E-state index in [0.717, 1.165) is 0 Å². The number of methoxy groups -OCH3 is 1. The molecule has 4 nitrogen and oxygen atoms in total. The van der Waals surface area contributed by atoms with Gasteiger partial charge in [-0.25, -0.2) is 0 Å². The Morgan fingerprint density at radius 2 is 2.07 bits per heavy atom. The van der Waals surface area contributed by atoms with Crippen molar-refractivity contribution in [2.75, 3.05) is 27.2 Å². The molecule has 14 heavy (non-hydrogen) atoms. The third-order valence-corrected chi connectivity index (χ3v) is 2.30. The van der Waals surface area contributed by atoms with E-state index in [0.29, 0.717) is 13.1 Å². The molecule has 1 amide bonds. The van der Waals surface area contributed by atoms with Gasteiger partial charge in [-0.05, 0) is 18.9 Å². The molecule has 0 aliphatic heterocycles. The van der Waals surface area contributed by atoms with Crippen molar-refractivity contribution < 1.29 is 9.53 Å². The molecule has 0 spiro atoms. The summed E-state index contributed by atoms with van der Waals surface area (Å²) in [4.78, 5) is 13.3. The Morgan fingerprint density at radius 1 is 1.57 bits per heavy atom. The van der Waals surface area contributed by atoms with Gasteiger partial charge in [0.2, 0.25) is 0 Å². The van der Waals surface area contributed by atoms with Crippen LogP contribution >= 0.6 is 0 Å². The summed E-state index contributed by atoms with van der Waals surface area (Å²) in [6, 6.07) is 0. The number of nitrogens with zero attached hydrogens (tertiary/aromatic N) is 1. The molecule has 0 aliphatic carbocycles. The van der Waals surface area contributed by atoms with Crippen molar-refractivity contribution in [3.8, 4) is 0 Å². The van der Waals surface area contributed by atoms with Crippen LogP contribution in [-0.4, -0.2) is 44.2 Å². The number of nitrogens with two attached hydrogens (primary N) is 1. The summed E-state index contributed by atoms with van der Waals surface area (Å²) in [6.45, 7) is 7.03. The normalized spacial score (nSPS) is 13.9. The Bertz CT molecular complexity index is 193. The molecular weight excluding hydrogens is 180 g/mol. The van der Waals surface area contributed by atoms with Crippen LogP contribution in [0.4, 0.5) is 0 Å². The minimum absolute atomic E-state index is 0.00553. The number of carbonyl (C=O) groups excluding carboxylic acids is 1. The standard InChI is InChI=1S/C10H22N2O2/c1-8(14-5)9(13)12(4)7-10(2,3)6-11/h8H,6-7,11H2,1-5H3. The second-order valence-electron chi connectivity index (χ2n) is 4.44. The first-order valence-corrected chi connectivity index (χ1v) is 4.82. The van der Waals surface area contributed by atoms with E-state index in [-0.39, 0.29) is 17.4 Å². The molecule has 1 atom stereocenters. The lowest BCUT2D eigenvalue weighted by atomic mass is 9.93. The number of hydrogen-bond donors (Lipinski definition) is 1. The van der Waals surface area contributed by atoms with Crippen molar-refractivity contribution in [3.63, 3.8) is 0 Å². The maximum absolute atomic E-state index is 11.6. The van der Waals surface area contributed by atoms with Crippen LogP contribution in [0.25, 0.3) is 0 Å². The largest absolute Gasteiger partial charge is 0.372 e. The number of rotatable bonds is 5. The van der Waals surface area contributed by atoms with E-state index in [1.807, 2.05) is 13.8 Å². The minimum atomic E-state index is -0.381. The van der Waals surface area contributed by atoms with Crippen molar-refractivity contribution in [1.82, 2.24) is 4.90 Å². The summed E-state index contributed by atoms with van der Waals surface area (Å²) >= 11 is 0. The zero-order valence-electron chi connectivity index (χ0n) is 9.83. The van der Waals surface area contributed by atoms with Crippen LogP contribution in [0.3, 0.4) is 0 Å². The number of carbonyl (C=O) groups is 1. The maximum Gasteiger partial charge on any atom is 0.251 e. The lowest BCUT2D eigenvalue weighted by Crippen LogP contribution is -2.43. The molecule has 0 radical (unpaired) electrons. The molecule has 0 saturated carbocycles. The van der Waals surface area contributed by atoms with Crippen LogP contribution in [0.5, 0.6) is 0 Å². The second-order valence-corrected chi connectivity index (χ2v) is 4.44. The predicted octanol–water partition coefficient (Wildman–Crippen LogP) is 0.465. The fourth-order valence-electron chi connectivity index (χ4n) is 1.20. The predicted molar refractivity (Wildman–Crippen MR) is 56.9 cm³/mol. The summed E-state index contributed by atoms with van der Waals surface area (Å²) in [5.74, 6) is -0.00553. The fourth-order valence-corrected chi connectivity index (χ4v) is 1.20. The van der Waals surface area contributed by atoms with Gasteiger partial charge in [-0.3, -0.25) is 4.79 Å². The first-order valence-electron chi connectivity index (χ1n) is 4.82. The first-order chi connectivity index (χ1) is 6.34. The Kier molecular flexibility index (Phi) is 5.08. The van der Waals surface area contributed by atoms with Gasteiger partial charge in [0, 0.05) is 20.7 Å². The molecule has 4 heteroatoms. The van der Waals surface area contributed by atoms with Crippen molar-refractivity contribution >= 4 is 5.91 Å². The summed E-state index contributed by atoms with van der Waals surface area (Å²) in [5.41, 5.74) is 5.55. The highest BCUT2D eigenvalue weighted by Gasteiger charge is 2.23. The Labute approximate surface area is 86.4 Å². The van der Waals surface area contributed by atoms with Gasteiger partial charge < -0.3 is 15.4 Å². The van der Waals surface area contributed by atoms with Crippen LogP contribution in [0.1, 0.15) is 20.8 Å². The summed E-state index contributed by atoms with van der Waals surface area (Å²) in [5, 5.41) is 0. The molecule has 0 rings (SSSR count). The van der Waals surface area contributed by atoms with Gasteiger partial charge >= 0.3 is 0 Å². The average Bonchev–Trinajstić information content (AvgIpc) is 2.14. The van der Waals surface area contributed by atoms with Crippen molar-refractivity contribution in [1.29, 1.82) is 0 Å². The zero-order valence-corrected chi connectivity index (χ0v) is 9.83. The number of likely N-dealkylation sites (N-methyl/N-ethyl adjacent to an activating group) is 1. The van der Waals surface area contributed by atoms with E-state index < -0.39 is 0 Å². The van der Waals surface area contributed by atoms with E-state index in [4.69, 9.17) is 10.5 Å². The van der Waals surface area contributed by atoms with Crippen LogP contribution in [0.2, 0.25) is 0 Å². The van der Waals surface area contributed by atoms with Crippen LogP contribution in [0, 0.1) is 5.41 Å². The van der Waals surface area contributed by atoms with E-state index in [1.165, 1.54) is 7.11 Å². The monoisotopic (exact) mass is 202 g/mol. The summed E-state index contributed by atoms with van der Waals surface area (Å²) in [7, 11) is 3.31. The van der Waals surface area contributed by atoms with Gasteiger partial charge in [-0.15, -0.1) is 0 Å². The van der Waals surface area contributed by atoms with E-state index in [9.17, 15) is 4.79 Å². The van der Waals surface area contributed by atoms with Crippen LogP contribution in [0.15, 0.2) is 0 Å². The quantitative estimate of drug-likeness (QED) is 0.705. The number of ether oxygens (including phenoxy) is 1. The van der Waals surface area contributed by atoms with Gasteiger partial charge in [0.15, 0.2) is 0 Å². The molecule has 0 saturated heterocycles. The van der Waals surface area contributed by atoms with Gasteiger partial charge in [0.05, 0.1) is 0 Å². The van der Waals surface area contributed by atoms with E-state index in [1.54, 1.807) is 18.9 Å². The molecule has 2 N–H and O–H groups in total. The third-order valence-electron chi connectivity index (χ3n) is 2.30. The third kappa shape index (κ3) is 4.07. The number of hydrogen-bond acceptors (Lipinski definition) is 3. The highest BCUT2D eigenvalue weighted by Crippen LogP contribution is 2.14. The zero-order chi connectivity index (χ0) is 11.4.